The van der Waals surface area contributed by atoms with E-state index in [0.29, 0.717) is 30.6 Å². The van der Waals surface area contributed by atoms with E-state index in [4.69, 9.17) is 4.74 Å². The summed E-state index contributed by atoms with van der Waals surface area (Å²) >= 11 is 0. The molecule has 1 atom stereocenters. The molecule has 0 bridgehead atoms. The van der Waals surface area contributed by atoms with Crippen molar-refractivity contribution < 1.29 is 14.3 Å². The standard InChI is InChI=1S/C15H16O3/c1-18-12-4-2-3-10-5-7-15(14(17)13(10)12)8-6-11(16)9-15/h2-4H,5-9H2,1H3. The summed E-state index contributed by atoms with van der Waals surface area (Å²) < 4.78 is 5.31. The van der Waals surface area contributed by atoms with Gasteiger partial charge >= 0.3 is 0 Å². The Labute approximate surface area is 106 Å². The van der Waals surface area contributed by atoms with Crippen LogP contribution in [-0.2, 0) is 11.2 Å². The fraction of sp³-hybridized carbons (Fsp3) is 0.467. The van der Waals surface area contributed by atoms with Crippen molar-refractivity contribution in [3.05, 3.63) is 29.3 Å². The third-order valence-corrected chi connectivity index (χ3v) is 4.33. The van der Waals surface area contributed by atoms with Crippen LogP contribution >= 0.6 is 0 Å². The maximum Gasteiger partial charge on any atom is 0.173 e. The Morgan fingerprint density at radius 3 is 2.61 bits per heavy atom. The maximum atomic E-state index is 12.7. The van der Waals surface area contributed by atoms with Gasteiger partial charge in [-0.15, -0.1) is 0 Å². The number of fused-ring (bicyclic) bond motifs is 1. The van der Waals surface area contributed by atoms with Crippen LogP contribution in [0.1, 0.15) is 41.6 Å². The molecule has 3 rings (SSSR count). The Bertz CT molecular complexity index is 518. The molecule has 3 nitrogen and oxygen atoms in total. The van der Waals surface area contributed by atoms with Gasteiger partial charge in [-0.1, -0.05) is 12.1 Å². The number of carbonyl (C=O) groups excluding carboxylic acids is 2. The summed E-state index contributed by atoms with van der Waals surface area (Å²) in [6, 6.07) is 5.73. The first-order chi connectivity index (χ1) is 8.66. The molecule has 0 aromatic heterocycles. The van der Waals surface area contributed by atoms with Gasteiger partial charge in [0.05, 0.1) is 12.7 Å². The average molecular weight is 244 g/mol. The zero-order valence-corrected chi connectivity index (χ0v) is 10.5. The van der Waals surface area contributed by atoms with Crippen molar-refractivity contribution in [1.82, 2.24) is 0 Å². The van der Waals surface area contributed by atoms with Crippen molar-refractivity contribution in [2.75, 3.05) is 7.11 Å². The molecule has 0 heterocycles. The monoisotopic (exact) mass is 244 g/mol. The van der Waals surface area contributed by atoms with Crippen LogP contribution in [0.4, 0.5) is 0 Å². The van der Waals surface area contributed by atoms with Gasteiger partial charge in [0, 0.05) is 18.3 Å². The van der Waals surface area contributed by atoms with Gasteiger partial charge in [0.2, 0.25) is 0 Å². The number of methoxy groups -OCH3 is 1. The van der Waals surface area contributed by atoms with Crippen molar-refractivity contribution in [2.45, 2.75) is 32.1 Å². The number of benzene rings is 1. The van der Waals surface area contributed by atoms with Crippen LogP contribution in [0.15, 0.2) is 18.2 Å². The largest absolute Gasteiger partial charge is 0.496 e. The first-order valence-corrected chi connectivity index (χ1v) is 6.39. The number of hydrogen-bond acceptors (Lipinski definition) is 3. The lowest BCUT2D eigenvalue weighted by atomic mass is 9.69. The highest BCUT2D eigenvalue weighted by molar-refractivity contribution is 6.08. The highest BCUT2D eigenvalue weighted by Crippen LogP contribution is 2.48. The second kappa shape index (κ2) is 3.94. The van der Waals surface area contributed by atoms with Crippen LogP contribution in [0.25, 0.3) is 0 Å². The second-order valence-electron chi connectivity index (χ2n) is 5.32. The van der Waals surface area contributed by atoms with Crippen molar-refractivity contribution >= 4 is 11.6 Å². The highest BCUT2D eigenvalue weighted by Gasteiger charge is 2.48. The quantitative estimate of drug-likeness (QED) is 0.762. The number of rotatable bonds is 1. The lowest BCUT2D eigenvalue weighted by molar-refractivity contribution is -0.117. The van der Waals surface area contributed by atoms with Gasteiger partial charge in [0.15, 0.2) is 5.78 Å². The summed E-state index contributed by atoms with van der Waals surface area (Å²) in [5, 5.41) is 0. The van der Waals surface area contributed by atoms with Gasteiger partial charge in [0.1, 0.15) is 11.5 Å². The lowest BCUT2D eigenvalue weighted by Crippen LogP contribution is -2.34. The van der Waals surface area contributed by atoms with Crippen LogP contribution in [-0.4, -0.2) is 18.7 Å². The molecule has 1 fully saturated rings. The van der Waals surface area contributed by atoms with Crippen LogP contribution in [0.5, 0.6) is 5.75 Å². The van der Waals surface area contributed by atoms with Gasteiger partial charge in [-0.2, -0.15) is 0 Å². The normalized spacial score (nSPS) is 26.5. The molecule has 1 spiro atoms. The first kappa shape index (κ1) is 11.5. The van der Waals surface area contributed by atoms with Crippen LogP contribution in [0, 0.1) is 5.41 Å². The Morgan fingerprint density at radius 2 is 1.94 bits per heavy atom. The Kier molecular flexibility index (Phi) is 2.51. The number of Topliss-reactive ketones (excluding diaryl/α,β-unsaturated/α-hetero) is 2. The zero-order valence-electron chi connectivity index (χ0n) is 10.5. The number of ether oxygens (including phenoxy) is 1. The molecule has 3 heteroatoms. The number of carbonyl (C=O) groups is 2. The highest BCUT2D eigenvalue weighted by atomic mass is 16.5. The molecule has 0 N–H and O–H groups in total. The van der Waals surface area contributed by atoms with E-state index >= 15 is 0 Å². The number of aryl methyl sites for hydroxylation is 1. The molecule has 0 radical (unpaired) electrons. The minimum atomic E-state index is -0.432. The Hall–Kier alpha value is -1.64. The Morgan fingerprint density at radius 1 is 1.17 bits per heavy atom. The summed E-state index contributed by atoms with van der Waals surface area (Å²) in [6.07, 6.45) is 3.35. The summed E-state index contributed by atoms with van der Waals surface area (Å²) in [7, 11) is 1.59. The second-order valence-corrected chi connectivity index (χ2v) is 5.32. The van der Waals surface area contributed by atoms with Crippen molar-refractivity contribution in [3.8, 4) is 5.75 Å². The molecule has 0 aliphatic heterocycles. The summed E-state index contributed by atoms with van der Waals surface area (Å²) in [5.41, 5.74) is 1.34. The fourth-order valence-electron chi connectivity index (χ4n) is 3.31. The van der Waals surface area contributed by atoms with Crippen molar-refractivity contribution in [3.63, 3.8) is 0 Å². The third-order valence-electron chi connectivity index (χ3n) is 4.33. The predicted octanol–water partition coefficient (Wildman–Crippen LogP) is 2.56. The SMILES string of the molecule is COc1cccc2c1C(=O)C1(CCC(=O)C1)CC2. The molecule has 0 amide bonds. The maximum absolute atomic E-state index is 12.7. The van der Waals surface area contributed by atoms with E-state index in [1.54, 1.807) is 7.11 Å². The van der Waals surface area contributed by atoms with Gasteiger partial charge in [-0.05, 0) is 30.9 Å². The predicted molar refractivity (Wildman–Crippen MR) is 66.9 cm³/mol. The van der Waals surface area contributed by atoms with E-state index in [1.807, 2.05) is 18.2 Å². The third kappa shape index (κ3) is 1.50. The molecule has 1 unspecified atom stereocenters. The van der Waals surface area contributed by atoms with Gasteiger partial charge in [0.25, 0.3) is 0 Å². The first-order valence-electron chi connectivity index (χ1n) is 6.39. The topological polar surface area (TPSA) is 43.4 Å². The fourth-order valence-corrected chi connectivity index (χ4v) is 3.31. The van der Waals surface area contributed by atoms with Gasteiger partial charge in [-0.25, -0.2) is 0 Å². The smallest absolute Gasteiger partial charge is 0.173 e. The molecule has 1 saturated carbocycles. The Balaban J connectivity index is 2.09. The molecule has 1 aromatic carbocycles. The van der Waals surface area contributed by atoms with Gasteiger partial charge < -0.3 is 4.74 Å². The van der Waals surface area contributed by atoms with E-state index in [0.717, 1.165) is 18.4 Å². The molecule has 1 aromatic rings. The molecular weight excluding hydrogens is 228 g/mol. The summed E-state index contributed by atoms with van der Waals surface area (Å²) in [6.45, 7) is 0. The number of ketones is 2. The lowest BCUT2D eigenvalue weighted by Gasteiger charge is -2.33. The molecule has 94 valence electrons. The number of hydrogen-bond donors (Lipinski definition) is 0. The van der Waals surface area contributed by atoms with Crippen molar-refractivity contribution in [1.29, 1.82) is 0 Å². The van der Waals surface area contributed by atoms with E-state index in [1.165, 1.54) is 0 Å². The van der Waals surface area contributed by atoms with E-state index in [9.17, 15) is 9.59 Å². The van der Waals surface area contributed by atoms with Gasteiger partial charge in [-0.3, -0.25) is 9.59 Å². The summed E-state index contributed by atoms with van der Waals surface area (Å²) in [4.78, 5) is 24.3. The molecular formula is C15H16O3. The van der Waals surface area contributed by atoms with Crippen LogP contribution < -0.4 is 4.74 Å². The molecule has 0 saturated heterocycles. The minimum Gasteiger partial charge on any atom is -0.496 e. The van der Waals surface area contributed by atoms with E-state index in [-0.39, 0.29) is 11.6 Å². The summed E-state index contributed by atoms with van der Waals surface area (Å²) in [5.74, 6) is 0.990. The molecule has 2 aliphatic rings. The molecule has 2 aliphatic carbocycles. The van der Waals surface area contributed by atoms with E-state index in [2.05, 4.69) is 0 Å². The van der Waals surface area contributed by atoms with Crippen LogP contribution in [0.2, 0.25) is 0 Å². The van der Waals surface area contributed by atoms with E-state index < -0.39 is 5.41 Å². The average Bonchev–Trinajstić information content (AvgIpc) is 2.76. The molecule has 18 heavy (non-hydrogen) atoms. The zero-order chi connectivity index (χ0) is 12.8. The van der Waals surface area contributed by atoms with Crippen molar-refractivity contribution in [2.24, 2.45) is 5.41 Å². The minimum absolute atomic E-state index is 0.118. The van der Waals surface area contributed by atoms with Crippen LogP contribution in [0.3, 0.4) is 0 Å².